The van der Waals surface area contributed by atoms with Crippen LogP contribution in [0.3, 0.4) is 0 Å². The number of carbonyl (C=O) groups is 3. The fourth-order valence-corrected chi connectivity index (χ4v) is 5.79. The first-order valence-electron chi connectivity index (χ1n) is 12.7. The van der Waals surface area contributed by atoms with Crippen molar-refractivity contribution >= 4 is 18.7 Å². The Balaban J connectivity index is 1.83. The second-order valence-electron chi connectivity index (χ2n) is 10.6. The Hall–Kier alpha value is -2.97. The number of ether oxygens (including phenoxy) is 3. The molecule has 1 saturated carbocycles. The third-order valence-electron chi connectivity index (χ3n) is 8.06. The average Bonchev–Trinajstić information content (AvgIpc) is 3.58. The van der Waals surface area contributed by atoms with Crippen molar-refractivity contribution in [3.8, 4) is 0 Å². The third kappa shape index (κ3) is 6.30. The zero-order valence-electron chi connectivity index (χ0n) is 22.2. The molecule has 0 radical (unpaired) electrons. The molecule has 0 aromatic heterocycles. The molecule has 1 saturated heterocycles. The van der Waals surface area contributed by atoms with Crippen LogP contribution in [0.25, 0.3) is 0 Å². The molecule has 37 heavy (non-hydrogen) atoms. The van der Waals surface area contributed by atoms with Gasteiger partial charge < -0.3 is 24.6 Å². The lowest BCUT2D eigenvalue weighted by molar-refractivity contribution is -0.143. The van der Waals surface area contributed by atoms with Crippen molar-refractivity contribution in [1.29, 1.82) is 0 Å². The molecule has 8 heteroatoms. The predicted molar refractivity (Wildman–Crippen MR) is 138 cm³/mol. The van der Waals surface area contributed by atoms with E-state index in [1.807, 2.05) is 42.5 Å². The SMILES string of the molecule is CO/C=C/[C@@](C)(O)C(=O)[C@@H](C)C/C=C/[C@@H]1[C@@H](OC=O)[C@H]([C@H](Cc2ccccc2)NC=O)C(C)[C@@]2(C)O[C@@H]12. The number of methoxy groups -OCH3 is 1. The molecule has 0 bridgehead atoms. The second-order valence-corrected chi connectivity index (χ2v) is 10.6. The molecule has 1 aromatic carbocycles. The van der Waals surface area contributed by atoms with Crippen LogP contribution in [0, 0.1) is 23.7 Å². The van der Waals surface area contributed by atoms with Gasteiger partial charge in [-0.15, -0.1) is 0 Å². The summed E-state index contributed by atoms with van der Waals surface area (Å²) < 4.78 is 16.7. The van der Waals surface area contributed by atoms with E-state index in [9.17, 15) is 19.5 Å². The van der Waals surface area contributed by atoms with E-state index < -0.39 is 23.2 Å². The van der Waals surface area contributed by atoms with Crippen molar-refractivity contribution in [2.45, 2.75) is 70.0 Å². The normalized spacial score (nSPS) is 32.1. The molecule has 9 atom stereocenters. The fraction of sp³-hybridized carbons (Fsp3) is 0.552. The van der Waals surface area contributed by atoms with Crippen LogP contribution in [-0.4, -0.2) is 60.3 Å². The molecule has 2 aliphatic rings. The van der Waals surface area contributed by atoms with E-state index in [2.05, 4.69) is 19.2 Å². The molecule has 1 heterocycles. The van der Waals surface area contributed by atoms with Crippen LogP contribution in [0.4, 0.5) is 0 Å². The number of amides is 1. The Labute approximate surface area is 219 Å². The zero-order chi connectivity index (χ0) is 27.2. The first-order valence-corrected chi connectivity index (χ1v) is 12.7. The van der Waals surface area contributed by atoms with Crippen LogP contribution in [0.5, 0.6) is 0 Å². The van der Waals surface area contributed by atoms with Gasteiger partial charge in [0.2, 0.25) is 6.41 Å². The van der Waals surface area contributed by atoms with Gasteiger partial charge in [0.05, 0.1) is 25.1 Å². The minimum absolute atomic E-state index is 0.0106. The van der Waals surface area contributed by atoms with E-state index in [-0.39, 0.29) is 35.7 Å². The molecule has 2 fully saturated rings. The minimum atomic E-state index is -1.64. The van der Waals surface area contributed by atoms with E-state index in [0.29, 0.717) is 25.7 Å². The Morgan fingerprint density at radius 2 is 2.00 bits per heavy atom. The second kappa shape index (κ2) is 12.0. The summed E-state index contributed by atoms with van der Waals surface area (Å²) >= 11 is 0. The maximum Gasteiger partial charge on any atom is 0.293 e. The standard InChI is InChI=1S/C29H39NO7/c1-19(26(33)28(3,34)14-15-35-5)10-9-13-22-25(36-18-32)24(20(2)29(4)27(22)37-29)23(30-17-31)16-21-11-7-6-8-12-21/h6-9,11-15,17-20,22-25,27,34H,10,16H2,1-5H3,(H,30,31)/b13-9+,15-14+/t19-,20?,22+,23-,24-,25+,27-,28+,29+/m0/s1. The van der Waals surface area contributed by atoms with Gasteiger partial charge in [-0.25, -0.2) is 0 Å². The number of rotatable bonds is 14. The summed E-state index contributed by atoms with van der Waals surface area (Å²) in [7, 11) is 1.45. The number of hydrogen-bond donors (Lipinski definition) is 2. The topological polar surface area (TPSA) is 114 Å². The maximum absolute atomic E-state index is 12.7. The average molecular weight is 514 g/mol. The number of nitrogens with one attached hydrogen (secondary N) is 1. The lowest BCUT2D eigenvalue weighted by Gasteiger charge is -2.44. The molecule has 1 amide bonds. The van der Waals surface area contributed by atoms with Crippen LogP contribution < -0.4 is 5.32 Å². The molecule has 202 valence electrons. The summed E-state index contributed by atoms with van der Waals surface area (Å²) in [5.41, 5.74) is -0.990. The highest BCUT2D eigenvalue weighted by Gasteiger charge is 2.68. The molecule has 0 spiro atoms. The van der Waals surface area contributed by atoms with Gasteiger partial charge in [0.15, 0.2) is 5.78 Å². The number of aliphatic hydroxyl groups is 1. The summed E-state index contributed by atoms with van der Waals surface area (Å²) in [5, 5.41) is 13.4. The summed E-state index contributed by atoms with van der Waals surface area (Å²) in [5.74, 6) is -1.22. The van der Waals surface area contributed by atoms with Gasteiger partial charge in [0, 0.05) is 23.8 Å². The molecule has 3 rings (SSSR count). The number of fused-ring (bicyclic) bond motifs is 1. The third-order valence-corrected chi connectivity index (χ3v) is 8.06. The minimum Gasteiger partial charge on any atom is -0.505 e. The van der Waals surface area contributed by atoms with E-state index >= 15 is 0 Å². The molecule has 1 aliphatic heterocycles. The first-order chi connectivity index (χ1) is 17.6. The molecule has 1 unspecified atom stereocenters. The fourth-order valence-electron chi connectivity index (χ4n) is 5.79. The van der Waals surface area contributed by atoms with Gasteiger partial charge in [0.25, 0.3) is 6.47 Å². The summed E-state index contributed by atoms with van der Waals surface area (Å²) in [6.07, 6.45) is 7.46. The number of ketones is 1. The molecule has 8 nitrogen and oxygen atoms in total. The number of Topliss-reactive ketones (excluding diaryl/α,β-unsaturated/α-hetero) is 1. The number of allylic oxidation sites excluding steroid dienone is 1. The summed E-state index contributed by atoms with van der Waals surface area (Å²) in [4.78, 5) is 36.0. The predicted octanol–water partition coefficient (Wildman–Crippen LogP) is 2.99. The van der Waals surface area contributed by atoms with Crippen LogP contribution in [0.2, 0.25) is 0 Å². The summed E-state index contributed by atoms with van der Waals surface area (Å²) in [6, 6.07) is 9.58. The number of carbonyl (C=O) groups excluding carboxylic acids is 3. The van der Waals surface area contributed by atoms with Crippen LogP contribution >= 0.6 is 0 Å². The van der Waals surface area contributed by atoms with Crippen molar-refractivity contribution in [3.05, 3.63) is 60.4 Å². The van der Waals surface area contributed by atoms with Gasteiger partial charge in [-0.05, 0) is 44.2 Å². The summed E-state index contributed by atoms with van der Waals surface area (Å²) in [6.45, 7) is 7.78. The molecular formula is C29H39NO7. The van der Waals surface area contributed by atoms with Crippen LogP contribution in [0.1, 0.15) is 39.7 Å². The van der Waals surface area contributed by atoms with E-state index in [1.54, 1.807) is 6.92 Å². The monoisotopic (exact) mass is 513 g/mol. The largest absolute Gasteiger partial charge is 0.505 e. The highest BCUT2D eigenvalue weighted by molar-refractivity contribution is 5.90. The van der Waals surface area contributed by atoms with E-state index in [0.717, 1.165) is 5.56 Å². The highest BCUT2D eigenvalue weighted by atomic mass is 16.6. The van der Waals surface area contributed by atoms with E-state index in [4.69, 9.17) is 14.2 Å². The molecule has 1 aromatic rings. The van der Waals surface area contributed by atoms with Crippen molar-refractivity contribution in [2.24, 2.45) is 23.7 Å². The van der Waals surface area contributed by atoms with Crippen molar-refractivity contribution in [2.75, 3.05) is 7.11 Å². The Kier molecular flexibility index (Phi) is 9.31. The maximum atomic E-state index is 12.7. The lowest BCUT2D eigenvalue weighted by Crippen LogP contribution is -2.56. The van der Waals surface area contributed by atoms with Crippen molar-refractivity contribution in [3.63, 3.8) is 0 Å². The first kappa shape index (κ1) is 28.6. The highest BCUT2D eigenvalue weighted by Crippen LogP contribution is 2.57. The van der Waals surface area contributed by atoms with Crippen molar-refractivity contribution < 1.29 is 33.7 Å². The Bertz CT molecular complexity index is 991. The van der Waals surface area contributed by atoms with Gasteiger partial charge in [-0.1, -0.05) is 56.3 Å². The van der Waals surface area contributed by atoms with Gasteiger partial charge in [-0.3, -0.25) is 14.4 Å². The number of epoxide rings is 1. The Morgan fingerprint density at radius 3 is 2.62 bits per heavy atom. The van der Waals surface area contributed by atoms with E-state index in [1.165, 1.54) is 26.4 Å². The smallest absolute Gasteiger partial charge is 0.293 e. The molecule has 2 N–H and O–H groups in total. The van der Waals surface area contributed by atoms with Gasteiger partial charge >= 0.3 is 0 Å². The zero-order valence-corrected chi connectivity index (χ0v) is 22.2. The lowest BCUT2D eigenvalue weighted by atomic mass is 9.64. The molecular weight excluding hydrogens is 474 g/mol. The van der Waals surface area contributed by atoms with Crippen LogP contribution in [0.15, 0.2) is 54.8 Å². The quantitative estimate of drug-likeness (QED) is 0.170. The van der Waals surface area contributed by atoms with Crippen molar-refractivity contribution in [1.82, 2.24) is 5.32 Å². The number of benzene rings is 1. The van der Waals surface area contributed by atoms with Gasteiger partial charge in [-0.2, -0.15) is 0 Å². The van der Waals surface area contributed by atoms with Crippen LogP contribution in [-0.2, 0) is 35.0 Å². The molecule has 1 aliphatic carbocycles. The number of hydrogen-bond acceptors (Lipinski definition) is 7. The Morgan fingerprint density at radius 1 is 1.30 bits per heavy atom. The van der Waals surface area contributed by atoms with Gasteiger partial charge in [0.1, 0.15) is 11.7 Å².